The van der Waals surface area contributed by atoms with Crippen LogP contribution in [0, 0.1) is 6.92 Å². The van der Waals surface area contributed by atoms with Crippen LogP contribution in [-0.4, -0.2) is 39.3 Å². The Morgan fingerprint density at radius 2 is 2.05 bits per heavy atom. The van der Waals surface area contributed by atoms with Crippen LogP contribution in [0.2, 0.25) is 0 Å². The number of methoxy groups -OCH3 is 1. The molecule has 1 atom stereocenters. The van der Waals surface area contributed by atoms with Gasteiger partial charge in [0.05, 0.1) is 17.4 Å². The SMILES string of the molecule is COC(CNS(=O)(=O)c1ccccc1C)CC(=O)O. The van der Waals surface area contributed by atoms with Crippen molar-refractivity contribution in [2.45, 2.75) is 24.3 Å². The predicted octanol–water partition coefficient (Wildman–Crippen LogP) is 0.763. The molecule has 19 heavy (non-hydrogen) atoms. The first kappa shape index (κ1) is 15.6. The van der Waals surface area contributed by atoms with Gasteiger partial charge in [-0.25, -0.2) is 13.1 Å². The highest BCUT2D eigenvalue weighted by Crippen LogP contribution is 2.13. The van der Waals surface area contributed by atoms with Crippen LogP contribution >= 0.6 is 0 Å². The lowest BCUT2D eigenvalue weighted by Gasteiger charge is -2.15. The fourth-order valence-electron chi connectivity index (χ4n) is 1.57. The molecule has 0 spiro atoms. The summed E-state index contributed by atoms with van der Waals surface area (Å²) >= 11 is 0. The van der Waals surface area contributed by atoms with Gasteiger partial charge in [-0.2, -0.15) is 0 Å². The first-order chi connectivity index (χ1) is 8.86. The topological polar surface area (TPSA) is 92.7 Å². The van der Waals surface area contributed by atoms with Crippen molar-refractivity contribution in [2.75, 3.05) is 13.7 Å². The number of carboxylic acid groups (broad SMARTS) is 1. The first-order valence-electron chi connectivity index (χ1n) is 5.66. The highest BCUT2D eigenvalue weighted by molar-refractivity contribution is 7.89. The number of benzene rings is 1. The Morgan fingerprint density at radius 1 is 1.42 bits per heavy atom. The number of nitrogens with one attached hydrogen (secondary N) is 1. The molecule has 1 rings (SSSR count). The summed E-state index contributed by atoms with van der Waals surface area (Å²) in [6.07, 6.45) is -0.955. The molecule has 2 N–H and O–H groups in total. The van der Waals surface area contributed by atoms with Gasteiger partial charge < -0.3 is 9.84 Å². The fraction of sp³-hybridized carbons (Fsp3) is 0.417. The minimum Gasteiger partial charge on any atom is -0.481 e. The van der Waals surface area contributed by atoms with Crippen molar-refractivity contribution in [2.24, 2.45) is 0 Å². The van der Waals surface area contributed by atoms with E-state index in [0.29, 0.717) is 5.56 Å². The van der Waals surface area contributed by atoms with Crippen LogP contribution in [0.3, 0.4) is 0 Å². The molecule has 0 aliphatic heterocycles. The van der Waals surface area contributed by atoms with Crippen LogP contribution in [0.4, 0.5) is 0 Å². The van der Waals surface area contributed by atoms with E-state index >= 15 is 0 Å². The Balaban J connectivity index is 2.76. The molecule has 0 aliphatic rings. The molecule has 6 nitrogen and oxygen atoms in total. The number of hydrogen-bond donors (Lipinski definition) is 2. The Morgan fingerprint density at radius 3 is 2.58 bits per heavy atom. The van der Waals surface area contributed by atoms with Gasteiger partial charge in [0.25, 0.3) is 0 Å². The van der Waals surface area contributed by atoms with Gasteiger partial charge in [-0.05, 0) is 18.6 Å². The molecule has 0 saturated heterocycles. The van der Waals surface area contributed by atoms with E-state index in [4.69, 9.17) is 9.84 Å². The van der Waals surface area contributed by atoms with Gasteiger partial charge in [0.2, 0.25) is 10.0 Å². The molecule has 7 heteroatoms. The molecule has 1 aromatic rings. The molecule has 0 amide bonds. The summed E-state index contributed by atoms with van der Waals surface area (Å²) in [6.45, 7) is 1.61. The summed E-state index contributed by atoms with van der Waals surface area (Å²) < 4.78 is 31.4. The molecule has 1 aromatic carbocycles. The van der Waals surface area contributed by atoms with Gasteiger partial charge in [-0.1, -0.05) is 18.2 Å². The molecule has 0 aliphatic carbocycles. The van der Waals surface area contributed by atoms with Crippen LogP contribution in [0.25, 0.3) is 0 Å². The smallest absolute Gasteiger partial charge is 0.306 e. The van der Waals surface area contributed by atoms with Gasteiger partial charge in [-0.15, -0.1) is 0 Å². The average Bonchev–Trinajstić information content (AvgIpc) is 2.34. The van der Waals surface area contributed by atoms with Crippen molar-refractivity contribution in [3.63, 3.8) is 0 Å². The second kappa shape index (κ2) is 6.65. The third kappa shape index (κ3) is 4.62. The third-order valence-corrected chi connectivity index (χ3v) is 4.20. The number of carbonyl (C=O) groups is 1. The number of sulfonamides is 1. The van der Waals surface area contributed by atoms with Crippen LogP contribution < -0.4 is 4.72 Å². The molecule has 0 saturated carbocycles. The normalized spacial score (nSPS) is 13.2. The summed E-state index contributed by atoms with van der Waals surface area (Å²) in [4.78, 5) is 10.7. The Bertz CT molecular complexity index is 541. The zero-order chi connectivity index (χ0) is 14.5. The molecule has 0 heterocycles. The number of aryl methyl sites for hydroxylation is 1. The molecular formula is C12H17NO5S. The van der Waals surface area contributed by atoms with E-state index in [1.54, 1.807) is 25.1 Å². The maximum Gasteiger partial charge on any atom is 0.306 e. The van der Waals surface area contributed by atoms with Crippen LogP contribution in [0.1, 0.15) is 12.0 Å². The number of rotatable bonds is 7. The van der Waals surface area contributed by atoms with Gasteiger partial charge in [0.1, 0.15) is 0 Å². The third-order valence-electron chi connectivity index (χ3n) is 2.62. The van der Waals surface area contributed by atoms with E-state index in [2.05, 4.69) is 4.72 Å². The van der Waals surface area contributed by atoms with Crippen LogP contribution in [0.5, 0.6) is 0 Å². The predicted molar refractivity (Wildman–Crippen MR) is 69.4 cm³/mol. The van der Waals surface area contributed by atoms with Crippen molar-refractivity contribution in [1.29, 1.82) is 0 Å². The summed E-state index contributed by atoms with van der Waals surface area (Å²) in [5.41, 5.74) is 0.627. The minimum atomic E-state index is -3.65. The van der Waals surface area contributed by atoms with Crippen molar-refractivity contribution < 1.29 is 23.1 Å². The van der Waals surface area contributed by atoms with E-state index in [9.17, 15) is 13.2 Å². The first-order valence-corrected chi connectivity index (χ1v) is 7.15. The van der Waals surface area contributed by atoms with Gasteiger partial charge >= 0.3 is 5.97 Å². The van der Waals surface area contributed by atoms with Crippen molar-refractivity contribution in [3.8, 4) is 0 Å². The zero-order valence-electron chi connectivity index (χ0n) is 10.8. The second-order valence-electron chi connectivity index (χ2n) is 4.07. The molecule has 0 radical (unpaired) electrons. The van der Waals surface area contributed by atoms with E-state index < -0.39 is 22.1 Å². The summed E-state index contributed by atoms with van der Waals surface area (Å²) in [7, 11) is -2.31. The lowest BCUT2D eigenvalue weighted by atomic mass is 10.2. The van der Waals surface area contributed by atoms with E-state index in [0.717, 1.165) is 0 Å². The lowest BCUT2D eigenvalue weighted by molar-refractivity contribution is -0.139. The zero-order valence-corrected chi connectivity index (χ0v) is 11.6. The van der Waals surface area contributed by atoms with E-state index in [-0.39, 0.29) is 17.9 Å². The largest absolute Gasteiger partial charge is 0.481 e. The Labute approximate surface area is 112 Å². The maximum atomic E-state index is 12.0. The van der Waals surface area contributed by atoms with Crippen LogP contribution in [-0.2, 0) is 19.6 Å². The summed E-state index contributed by atoms with van der Waals surface area (Å²) in [5, 5.41) is 8.65. The highest BCUT2D eigenvalue weighted by atomic mass is 32.2. The van der Waals surface area contributed by atoms with E-state index in [1.807, 2.05) is 0 Å². The molecule has 0 fully saturated rings. The number of aliphatic carboxylic acids is 1. The maximum absolute atomic E-state index is 12.0. The average molecular weight is 287 g/mol. The van der Waals surface area contributed by atoms with Crippen LogP contribution in [0.15, 0.2) is 29.2 Å². The molecule has 106 valence electrons. The van der Waals surface area contributed by atoms with Crippen molar-refractivity contribution in [1.82, 2.24) is 4.72 Å². The molecular weight excluding hydrogens is 270 g/mol. The number of carboxylic acids is 1. The standard InChI is InChI=1S/C12H17NO5S/c1-9-5-3-4-6-11(9)19(16,17)13-8-10(18-2)7-12(14)15/h3-6,10,13H,7-8H2,1-2H3,(H,14,15). The molecule has 0 bridgehead atoms. The fourth-order valence-corrected chi connectivity index (χ4v) is 2.88. The molecule has 1 unspecified atom stereocenters. The number of ether oxygens (including phenoxy) is 1. The Kier molecular flexibility index (Phi) is 5.46. The van der Waals surface area contributed by atoms with E-state index in [1.165, 1.54) is 13.2 Å². The van der Waals surface area contributed by atoms with Crippen molar-refractivity contribution in [3.05, 3.63) is 29.8 Å². The lowest BCUT2D eigenvalue weighted by Crippen LogP contribution is -2.34. The monoisotopic (exact) mass is 287 g/mol. The minimum absolute atomic E-state index is 0.0839. The van der Waals surface area contributed by atoms with Gasteiger partial charge in [0, 0.05) is 13.7 Å². The summed E-state index contributed by atoms with van der Waals surface area (Å²) in [6, 6.07) is 6.57. The Hall–Kier alpha value is -1.44. The molecule has 0 aromatic heterocycles. The van der Waals surface area contributed by atoms with Crippen molar-refractivity contribution >= 4 is 16.0 Å². The summed E-state index contributed by atoms with van der Waals surface area (Å²) in [5.74, 6) is -1.04. The highest BCUT2D eigenvalue weighted by Gasteiger charge is 2.19. The second-order valence-corrected chi connectivity index (χ2v) is 5.81. The van der Waals surface area contributed by atoms with Gasteiger partial charge in [0.15, 0.2) is 0 Å². The quantitative estimate of drug-likeness (QED) is 0.772. The van der Waals surface area contributed by atoms with Gasteiger partial charge in [-0.3, -0.25) is 4.79 Å². The number of hydrogen-bond acceptors (Lipinski definition) is 4.